The zero-order valence-corrected chi connectivity index (χ0v) is 18.1. The van der Waals surface area contributed by atoms with Crippen LogP contribution in [0.3, 0.4) is 0 Å². The highest BCUT2D eigenvalue weighted by Crippen LogP contribution is 2.28. The zero-order chi connectivity index (χ0) is 20.7. The molecule has 2 aromatic heterocycles. The molecule has 0 atom stereocenters. The van der Waals surface area contributed by atoms with Crippen molar-refractivity contribution in [3.63, 3.8) is 0 Å². The topological polar surface area (TPSA) is 59.3 Å². The molecule has 0 radical (unpaired) electrons. The van der Waals surface area contributed by atoms with E-state index in [2.05, 4.69) is 71.0 Å². The molecule has 0 bridgehead atoms. The maximum atomic E-state index is 12.6. The van der Waals surface area contributed by atoms with E-state index in [-0.39, 0.29) is 11.7 Å². The van der Waals surface area contributed by atoms with E-state index in [0.717, 1.165) is 38.7 Å². The van der Waals surface area contributed by atoms with Crippen LogP contribution in [0.15, 0.2) is 41.6 Å². The standard InChI is InChI=1S/C23H24N4OS/c1-13-9-16(4)21(17(5)10-13)24-20(28)12-29-23-26-25-19-11-15(3)18-8-6-7-14(2)22(18)27(19)23/h6-11H,12H2,1-5H3,(H,24,28). The predicted molar refractivity (Wildman–Crippen MR) is 120 cm³/mol. The van der Waals surface area contributed by atoms with Gasteiger partial charge in [0.05, 0.1) is 11.3 Å². The number of nitrogens with one attached hydrogen (secondary N) is 1. The minimum Gasteiger partial charge on any atom is -0.325 e. The van der Waals surface area contributed by atoms with E-state index >= 15 is 0 Å². The Kier molecular flexibility index (Phi) is 5.04. The van der Waals surface area contributed by atoms with Gasteiger partial charge >= 0.3 is 0 Å². The Hall–Kier alpha value is -2.86. The molecule has 0 fully saturated rings. The van der Waals surface area contributed by atoms with E-state index in [4.69, 9.17) is 0 Å². The summed E-state index contributed by atoms with van der Waals surface area (Å²) in [6.45, 7) is 10.3. The average Bonchev–Trinajstić information content (AvgIpc) is 3.06. The molecular weight excluding hydrogens is 380 g/mol. The average molecular weight is 405 g/mol. The van der Waals surface area contributed by atoms with Gasteiger partial charge in [0, 0.05) is 11.1 Å². The van der Waals surface area contributed by atoms with Crippen LogP contribution in [0, 0.1) is 34.6 Å². The lowest BCUT2D eigenvalue weighted by atomic mass is 10.1. The number of thioether (sulfide) groups is 1. The van der Waals surface area contributed by atoms with Crippen LogP contribution in [0.4, 0.5) is 5.69 Å². The Morgan fingerprint density at radius 1 is 0.966 bits per heavy atom. The van der Waals surface area contributed by atoms with E-state index < -0.39 is 0 Å². The fourth-order valence-corrected chi connectivity index (χ4v) is 4.65. The predicted octanol–water partition coefficient (Wildman–Crippen LogP) is 5.16. The Morgan fingerprint density at radius 2 is 1.69 bits per heavy atom. The molecule has 1 N–H and O–H groups in total. The lowest BCUT2D eigenvalue weighted by Crippen LogP contribution is -2.16. The first-order valence-electron chi connectivity index (χ1n) is 9.59. The van der Waals surface area contributed by atoms with Crippen LogP contribution < -0.4 is 5.32 Å². The van der Waals surface area contributed by atoms with Gasteiger partial charge in [0.25, 0.3) is 0 Å². The molecule has 0 saturated carbocycles. The van der Waals surface area contributed by atoms with Gasteiger partial charge in [-0.2, -0.15) is 0 Å². The summed E-state index contributed by atoms with van der Waals surface area (Å²) in [5.74, 6) is 0.226. The maximum Gasteiger partial charge on any atom is 0.234 e. The van der Waals surface area contributed by atoms with Crippen LogP contribution in [0.1, 0.15) is 27.8 Å². The molecule has 4 rings (SSSR count). The van der Waals surface area contributed by atoms with Crippen molar-refractivity contribution >= 4 is 39.9 Å². The van der Waals surface area contributed by atoms with Crippen LogP contribution in [-0.4, -0.2) is 26.3 Å². The first-order valence-corrected chi connectivity index (χ1v) is 10.6. The number of anilines is 1. The molecule has 0 unspecified atom stereocenters. The summed E-state index contributed by atoms with van der Waals surface area (Å²) in [6.07, 6.45) is 0. The fraction of sp³-hybridized carbons (Fsp3) is 0.261. The van der Waals surface area contributed by atoms with Gasteiger partial charge in [0.1, 0.15) is 0 Å². The number of hydrogen-bond acceptors (Lipinski definition) is 4. The summed E-state index contributed by atoms with van der Waals surface area (Å²) < 4.78 is 2.05. The number of rotatable bonds is 4. The lowest BCUT2D eigenvalue weighted by molar-refractivity contribution is -0.113. The number of benzene rings is 2. The number of aryl methyl sites for hydroxylation is 5. The largest absolute Gasteiger partial charge is 0.325 e. The van der Waals surface area contributed by atoms with Crippen molar-refractivity contribution in [2.75, 3.05) is 11.1 Å². The number of carbonyl (C=O) groups excluding carboxylic acids is 1. The Labute approximate surface area is 174 Å². The van der Waals surface area contributed by atoms with E-state index in [0.29, 0.717) is 0 Å². The molecule has 148 valence electrons. The van der Waals surface area contributed by atoms with Gasteiger partial charge in [-0.15, -0.1) is 10.2 Å². The third kappa shape index (κ3) is 3.60. The summed E-state index contributed by atoms with van der Waals surface area (Å²) in [5, 5.41) is 13.6. The van der Waals surface area contributed by atoms with Gasteiger partial charge in [-0.25, -0.2) is 0 Å². The van der Waals surface area contributed by atoms with Crippen LogP contribution in [0.2, 0.25) is 0 Å². The second kappa shape index (κ2) is 7.52. The number of amides is 1. The van der Waals surface area contributed by atoms with Crippen molar-refractivity contribution in [1.29, 1.82) is 0 Å². The number of nitrogens with zero attached hydrogens (tertiary/aromatic N) is 3. The fourth-order valence-electron chi connectivity index (χ4n) is 3.91. The number of hydrogen-bond donors (Lipinski definition) is 1. The van der Waals surface area contributed by atoms with Gasteiger partial charge in [-0.05, 0) is 62.9 Å². The highest BCUT2D eigenvalue weighted by atomic mass is 32.2. The number of carbonyl (C=O) groups is 1. The third-order valence-electron chi connectivity index (χ3n) is 5.16. The van der Waals surface area contributed by atoms with E-state index in [1.807, 2.05) is 19.9 Å². The Balaban J connectivity index is 1.62. The van der Waals surface area contributed by atoms with Crippen molar-refractivity contribution in [2.24, 2.45) is 0 Å². The molecule has 1 amide bonds. The summed E-state index contributed by atoms with van der Waals surface area (Å²) in [5.41, 5.74) is 8.47. The van der Waals surface area contributed by atoms with Crippen molar-refractivity contribution in [3.05, 3.63) is 64.2 Å². The second-order valence-corrected chi connectivity index (χ2v) is 8.53. The number of fused-ring (bicyclic) bond motifs is 3. The maximum absolute atomic E-state index is 12.6. The first kappa shape index (κ1) is 19.5. The first-order chi connectivity index (χ1) is 13.8. The molecule has 2 aromatic carbocycles. The molecule has 4 aromatic rings. The van der Waals surface area contributed by atoms with Crippen molar-refractivity contribution < 1.29 is 4.79 Å². The molecule has 5 nitrogen and oxygen atoms in total. The molecule has 2 heterocycles. The quantitative estimate of drug-likeness (QED) is 0.478. The van der Waals surface area contributed by atoms with Crippen molar-refractivity contribution in [3.8, 4) is 0 Å². The van der Waals surface area contributed by atoms with Gasteiger partial charge in [-0.1, -0.05) is 47.7 Å². The Bertz CT molecular complexity index is 1240. The summed E-state index contributed by atoms with van der Waals surface area (Å²) in [7, 11) is 0. The molecule has 0 spiro atoms. The van der Waals surface area contributed by atoms with Crippen LogP contribution in [0.25, 0.3) is 16.6 Å². The number of para-hydroxylation sites is 1. The van der Waals surface area contributed by atoms with Crippen molar-refractivity contribution in [1.82, 2.24) is 14.6 Å². The number of aromatic nitrogens is 3. The second-order valence-electron chi connectivity index (χ2n) is 7.59. The molecule has 0 aliphatic heterocycles. The normalized spacial score (nSPS) is 11.3. The van der Waals surface area contributed by atoms with Gasteiger partial charge < -0.3 is 5.32 Å². The van der Waals surface area contributed by atoms with Gasteiger partial charge in [0.15, 0.2) is 10.8 Å². The molecular formula is C23H24N4OS. The molecule has 6 heteroatoms. The van der Waals surface area contributed by atoms with E-state index in [9.17, 15) is 4.79 Å². The van der Waals surface area contributed by atoms with Crippen LogP contribution >= 0.6 is 11.8 Å². The summed E-state index contributed by atoms with van der Waals surface area (Å²) in [6, 6.07) is 12.5. The summed E-state index contributed by atoms with van der Waals surface area (Å²) >= 11 is 1.41. The lowest BCUT2D eigenvalue weighted by Gasteiger charge is -2.13. The van der Waals surface area contributed by atoms with E-state index in [1.54, 1.807) is 0 Å². The van der Waals surface area contributed by atoms with Crippen molar-refractivity contribution in [2.45, 2.75) is 39.8 Å². The zero-order valence-electron chi connectivity index (χ0n) is 17.3. The van der Waals surface area contributed by atoms with Crippen LogP contribution in [-0.2, 0) is 4.79 Å². The minimum absolute atomic E-state index is 0.0463. The molecule has 0 aliphatic rings. The molecule has 29 heavy (non-hydrogen) atoms. The highest BCUT2D eigenvalue weighted by Gasteiger charge is 2.15. The SMILES string of the molecule is Cc1cc(C)c(NC(=O)CSc2nnc3cc(C)c4cccc(C)c4n23)c(C)c1. The minimum atomic E-state index is -0.0463. The monoisotopic (exact) mass is 404 g/mol. The Morgan fingerprint density at radius 3 is 2.41 bits per heavy atom. The molecule has 0 aliphatic carbocycles. The van der Waals surface area contributed by atoms with Gasteiger partial charge in [-0.3, -0.25) is 9.20 Å². The summed E-state index contributed by atoms with van der Waals surface area (Å²) in [4.78, 5) is 12.6. The highest BCUT2D eigenvalue weighted by molar-refractivity contribution is 7.99. The smallest absolute Gasteiger partial charge is 0.234 e. The van der Waals surface area contributed by atoms with Gasteiger partial charge in [0.2, 0.25) is 5.91 Å². The van der Waals surface area contributed by atoms with Crippen LogP contribution in [0.5, 0.6) is 0 Å². The third-order valence-corrected chi connectivity index (χ3v) is 6.09. The molecule has 0 saturated heterocycles. The van der Waals surface area contributed by atoms with E-state index in [1.165, 1.54) is 28.3 Å². The number of pyridine rings is 1.